The molecular weight excluding hydrogens is 385 g/mol. The van der Waals surface area contributed by atoms with Gasteiger partial charge in [0.2, 0.25) is 5.91 Å². The van der Waals surface area contributed by atoms with Gasteiger partial charge in [0, 0.05) is 23.2 Å². The van der Waals surface area contributed by atoms with Crippen LogP contribution in [0.25, 0.3) is 10.9 Å². The molecule has 0 radical (unpaired) electrons. The molecule has 0 aliphatic heterocycles. The number of aromatic nitrogens is 1. The summed E-state index contributed by atoms with van der Waals surface area (Å²) >= 11 is 1.45. The summed E-state index contributed by atoms with van der Waals surface area (Å²) in [5.74, 6) is 0.148. The van der Waals surface area contributed by atoms with E-state index in [0.29, 0.717) is 5.75 Å². The van der Waals surface area contributed by atoms with Gasteiger partial charge in [-0.05, 0) is 49.2 Å². The fourth-order valence-corrected chi connectivity index (χ4v) is 3.76. The highest BCUT2D eigenvalue weighted by atomic mass is 32.2. The van der Waals surface area contributed by atoms with Gasteiger partial charge in [-0.1, -0.05) is 24.3 Å². The number of benzene rings is 2. The maximum absolute atomic E-state index is 12.7. The van der Waals surface area contributed by atoms with E-state index in [-0.39, 0.29) is 18.0 Å². The van der Waals surface area contributed by atoms with Gasteiger partial charge in [-0.3, -0.25) is 4.79 Å². The van der Waals surface area contributed by atoms with Crippen molar-refractivity contribution in [3.05, 3.63) is 65.2 Å². The fourth-order valence-electron chi connectivity index (χ4n) is 2.85. The average Bonchev–Trinajstić information content (AvgIpc) is 2.62. The number of thioether (sulfide) groups is 1. The fraction of sp³-hybridized carbons (Fsp3) is 0.238. The summed E-state index contributed by atoms with van der Waals surface area (Å²) in [5.41, 5.74) is 2.50. The largest absolute Gasteiger partial charge is 0.416 e. The number of anilines is 1. The number of alkyl halides is 3. The monoisotopic (exact) mass is 404 g/mol. The molecule has 3 rings (SSSR count). The van der Waals surface area contributed by atoms with Crippen LogP contribution in [0, 0.1) is 13.8 Å². The minimum atomic E-state index is -4.44. The standard InChI is InChI=1S/C21H19F3N2OS/c1-13-5-3-8-17-14(2)11-19(26-20(13)17)28-10-9-18(27)25-16-7-4-6-15(12-16)21(22,23)24/h3-8,11-12H,9-10H2,1-2H3,(H,25,27). The van der Waals surface area contributed by atoms with Crippen LogP contribution in [0.2, 0.25) is 0 Å². The molecule has 0 spiro atoms. The van der Waals surface area contributed by atoms with Crippen LogP contribution in [0.1, 0.15) is 23.1 Å². The molecule has 1 aromatic heterocycles. The van der Waals surface area contributed by atoms with Gasteiger partial charge >= 0.3 is 6.18 Å². The van der Waals surface area contributed by atoms with E-state index in [9.17, 15) is 18.0 Å². The van der Waals surface area contributed by atoms with Crippen molar-refractivity contribution in [2.75, 3.05) is 11.1 Å². The Hall–Kier alpha value is -2.54. The van der Waals surface area contributed by atoms with Crippen LogP contribution < -0.4 is 5.32 Å². The molecule has 7 heteroatoms. The Morgan fingerprint density at radius 3 is 2.57 bits per heavy atom. The van der Waals surface area contributed by atoms with E-state index in [1.54, 1.807) is 0 Å². The van der Waals surface area contributed by atoms with Crippen LogP contribution in [0.4, 0.5) is 18.9 Å². The van der Waals surface area contributed by atoms with Gasteiger partial charge in [0.15, 0.2) is 0 Å². The molecular formula is C21H19F3N2OS. The zero-order valence-electron chi connectivity index (χ0n) is 15.4. The highest BCUT2D eigenvalue weighted by Gasteiger charge is 2.30. The number of halogens is 3. The Morgan fingerprint density at radius 2 is 1.82 bits per heavy atom. The second-order valence-electron chi connectivity index (χ2n) is 6.47. The smallest absolute Gasteiger partial charge is 0.326 e. The first-order valence-corrected chi connectivity index (χ1v) is 9.69. The molecule has 3 nitrogen and oxygen atoms in total. The molecule has 0 atom stereocenters. The van der Waals surface area contributed by atoms with Gasteiger partial charge in [0.25, 0.3) is 0 Å². The molecule has 0 bridgehead atoms. The number of carbonyl (C=O) groups is 1. The van der Waals surface area contributed by atoms with Crippen LogP contribution in [0.5, 0.6) is 0 Å². The number of para-hydroxylation sites is 1. The molecule has 1 N–H and O–H groups in total. The van der Waals surface area contributed by atoms with E-state index in [1.807, 2.05) is 38.1 Å². The first kappa shape index (κ1) is 20.2. The van der Waals surface area contributed by atoms with E-state index >= 15 is 0 Å². The lowest BCUT2D eigenvalue weighted by atomic mass is 10.1. The SMILES string of the molecule is Cc1cc(SCCC(=O)Nc2cccc(C(F)(F)F)c2)nc2c(C)cccc12. The van der Waals surface area contributed by atoms with Gasteiger partial charge in [0.1, 0.15) is 0 Å². The first-order valence-electron chi connectivity index (χ1n) is 8.71. The molecule has 28 heavy (non-hydrogen) atoms. The molecule has 0 unspecified atom stereocenters. The lowest BCUT2D eigenvalue weighted by Crippen LogP contribution is -2.13. The third kappa shape index (κ3) is 4.84. The number of aryl methyl sites for hydroxylation is 2. The van der Waals surface area contributed by atoms with E-state index in [2.05, 4.69) is 10.3 Å². The summed E-state index contributed by atoms with van der Waals surface area (Å²) in [5, 5.41) is 4.45. The van der Waals surface area contributed by atoms with Gasteiger partial charge < -0.3 is 5.32 Å². The topological polar surface area (TPSA) is 42.0 Å². The quantitative estimate of drug-likeness (QED) is 0.531. The summed E-state index contributed by atoms with van der Waals surface area (Å²) < 4.78 is 38.2. The Bertz CT molecular complexity index is 1020. The summed E-state index contributed by atoms with van der Waals surface area (Å²) in [6, 6.07) is 12.6. The number of fused-ring (bicyclic) bond motifs is 1. The Labute approximate surface area is 165 Å². The van der Waals surface area contributed by atoms with Crippen molar-refractivity contribution in [1.29, 1.82) is 0 Å². The molecule has 0 saturated heterocycles. The lowest BCUT2D eigenvalue weighted by molar-refractivity contribution is -0.137. The maximum atomic E-state index is 12.7. The highest BCUT2D eigenvalue weighted by Crippen LogP contribution is 2.31. The molecule has 0 aliphatic rings. The van der Waals surface area contributed by atoms with Crippen LogP contribution in [0.3, 0.4) is 0 Å². The van der Waals surface area contributed by atoms with Gasteiger partial charge in [0.05, 0.1) is 16.1 Å². The Balaban J connectivity index is 1.60. The van der Waals surface area contributed by atoms with E-state index in [0.717, 1.165) is 39.2 Å². The third-order valence-electron chi connectivity index (χ3n) is 4.28. The first-order chi connectivity index (χ1) is 13.2. The van der Waals surface area contributed by atoms with Crippen LogP contribution >= 0.6 is 11.8 Å². The van der Waals surface area contributed by atoms with Crippen LogP contribution in [0.15, 0.2) is 53.6 Å². The number of rotatable bonds is 5. The van der Waals surface area contributed by atoms with Gasteiger partial charge in [-0.15, -0.1) is 11.8 Å². The summed E-state index contributed by atoms with van der Waals surface area (Å²) in [6.07, 6.45) is -4.26. The number of carbonyl (C=O) groups excluding carboxylic acids is 1. The predicted octanol–water partition coefficient (Wildman–Crippen LogP) is 5.99. The zero-order valence-corrected chi connectivity index (χ0v) is 16.2. The number of nitrogens with zero attached hydrogens (tertiary/aromatic N) is 1. The number of hydrogen-bond donors (Lipinski definition) is 1. The highest BCUT2D eigenvalue weighted by molar-refractivity contribution is 7.99. The maximum Gasteiger partial charge on any atom is 0.416 e. The van der Waals surface area contributed by atoms with Crippen molar-refractivity contribution < 1.29 is 18.0 Å². The summed E-state index contributed by atoms with van der Waals surface area (Å²) in [7, 11) is 0. The van der Waals surface area contributed by atoms with Crippen molar-refractivity contribution in [3.63, 3.8) is 0 Å². The molecule has 3 aromatic rings. The van der Waals surface area contributed by atoms with Crippen molar-refractivity contribution >= 4 is 34.3 Å². The molecule has 1 heterocycles. The van der Waals surface area contributed by atoms with Crippen molar-refractivity contribution in [2.45, 2.75) is 31.5 Å². The minimum absolute atomic E-state index is 0.139. The second-order valence-corrected chi connectivity index (χ2v) is 7.59. The molecule has 1 amide bonds. The molecule has 0 saturated carbocycles. The van der Waals surface area contributed by atoms with E-state index in [1.165, 1.54) is 23.9 Å². The van der Waals surface area contributed by atoms with E-state index in [4.69, 9.17) is 0 Å². The van der Waals surface area contributed by atoms with Crippen molar-refractivity contribution in [3.8, 4) is 0 Å². The zero-order chi connectivity index (χ0) is 20.3. The molecule has 0 fully saturated rings. The van der Waals surface area contributed by atoms with E-state index < -0.39 is 11.7 Å². The molecule has 0 aliphatic carbocycles. The second kappa shape index (κ2) is 8.22. The molecule has 2 aromatic carbocycles. The third-order valence-corrected chi connectivity index (χ3v) is 5.19. The Morgan fingerprint density at radius 1 is 1.07 bits per heavy atom. The number of hydrogen-bond acceptors (Lipinski definition) is 3. The predicted molar refractivity (Wildman–Crippen MR) is 107 cm³/mol. The van der Waals surface area contributed by atoms with Crippen molar-refractivity contribution in [1.82, 2.24) is 4.98 Å². The molecule has 146 valence electrons. The lowest BCUT2D eigenvalue weighted by Gasteiger charge is -2.10. The number of nitrogens with one attached hydrogen (secondary N) is 1. The Kier molecular flexibility index (Phi) is 5.93. The number of pyridine rings is 1. The normalized spacial score (nSPS) is 11.6. The number of amides is 1. The minimum Gasteiger partial charge on any atom is -0.326 e. The summed E-state index contributed by atoms with van der Waals surface area (Å²) in [6.45, 7) is 4.03. The van der Waals surface area contributed by atoms with Gasteiger partial charge in [-0.25, -0.2) is 4.98 Å². The van der Waals surface area contributed by atoms with Crippen LogP contribution in [-0.4, -0.2) is 16.6 Å². The summed E-state index contributed by atoms with van der Waals surface area (Å²) in [4.78, 5) is 16.7. The van der Waals surface area contributed by atoms with Crippen LogP contribution in [-0.2, 0) is 11.0 Å². The van der Waals surface area contributed by atoms with Crippen molar-refractivity contribution in [2.24, 2.45) is 0 Å². The average molecular weight is 404 g/mol. The van der Waals surface area contributed by atoms with Gasteiger partial charge in [-0.2, -0.15) is 13.2 Å².